The standard InChI is InChI=1S/C22H20FN5O3S/c1-12(2)32(30,31)19-7-5-4-6-17(19)26-20-13(3)10-25-22(28-20)27-18-9-15-14(8-16(18)23)11-24-21(15)29/h4-12H,1-3H3,(H2,25,26,27,28). The van der Waals surface area contributed by atoms with Crippen molar-refractivity contribution in [3.63, 3.8) is 0 Å². The van der Waals surface area contributed by atoms with Crippen LogP contribution in [0.25, 0.3) is 0 Å². The number of halogens is 1. The van der Waals surface area contributed by atoms with Crippen LogP contribution >= 0.6 is 0 Å². The van der Waals surface area contributed by atoms with Gasteiger partial charge in [-0.1, -0.05) is 12.1 Å². The van der Waals surface area contributed by atoms with Gasteiger partial charge in [-0.2, -0.15) is 4.98 Å². The summed E-state index contributed by atoms with van der Waals surface area (Å²) in [4.78, 5) is 24.2. The van der Waals surface area contributed by atoms with Crippen LogP contribution in [0.5, 0.6) is 0 Å². The van der Waals surface area contributed by atoms with Gasteiger partial charge in [0.2, 0.25) is 5.95 Å². The fourth-order valence-electron chi connectivity index (χ4n) is 3.12. The Morgan fingerprint density at radius 2 is 1.81 bits per heavy atom. The molecule has 0 fully saturated rings. The minimum absolute atomic E-state index is 0.0280. The molecular formula is C22H20FN5O3S. The number of anilines is 4. The van der Waals surface area contributed by atoms with E-state index in [4.69, 9.17) is 0 Å². The quantitative estimate of drug-likeness (QED) is 0.576. The Balaban J connectivity index is 1.66. The lowest BCUT2D eigenvalue weighted by Crippen LogP contribution is -2.16. The first kappa shape index (κ1) is 21.6. The van der Waals surface area contributed by atoms with E-state index in [1.165, 1.54) is 30.6 Å². The average molecular weight is 453 g/mol. The van der Waals surface area contributed by atoms with Gasteiger partial charge in [-0.25, -0.2) is 22.8 Å². The lowest BCUT2D eigenvalue weighted by molar-refractivity contribution is 0.101. The molecule has 10 heteroatoms. The zero-order chi connectivity index (χ0) is 23.0. The lowest BCUT2D eigenvalue weighted by atomic mass is 10.1. The van der Waals surface area contributed by atoms with E-state index in [-0.39, 0.29) is 22.1 Å². The molecule has 0 atom stereocenters. The highest BCUT2D eigenvalue weighted by Crippen LogP contribution is 2.29. The Hall–Kier alpha value is -3.66. The van der Waals surface area contributed by atoms with Crippen molar-refractivity contribution in [3.8, 4) is 0 Å². The van der Waals surface area contributed by atoms with Gasteiger partial charge in [0.15, 0.2) is 9.84 Å². The van der Waals surface area contributed by atoms with E-state index in [9.17, 15) is 17.6 Å². The first-order valence-corrected chi connectivity index (χ1v) is 11.3. The number of rotatable bonds is 6. The summed E-state index contributed by atoms with van der Waals surface area (Å²) >= 11 is 0. The van der Waals surface area contributed by atoms with Crippen LogP contribution in [0.4, 0.5) is 27.5 Å². The molecule has 0 bridgehead atoms. The highest BCUT2D eigenvalue weighted by atomic mass is 32.2. The molecule has 0 saturated carbocycles. The van der Waals surface area contributed by atoms with Crippen molar-refractivity contribution < 1.29 is 17.6 Å². The lowest BCUT2D eigenvalue weighted by Gasteiger charge is -2.16. The third-order valence-corrected chi connectivity index (χ3v) is 7.19. The highest BCUT2D eigenvalue weighted by molar-refractivity contribution is 7.92. The molecule has 1 aromatic heterocycles. The number of benzene rings is 2. The van der Waals surface area contributed by atoms with Crippen LogP contribution in [-0.4, -0.2) is 35.8 Å². The highest BCUT2D eigenvalue weighted by Gasteiger charge is 2.23. The van der Waals surface area contributed by atoms with E-state index in [1.807, 2.05) is 0 Å². The van der Waals surface area contributed by atoms with Gasteiger partial charge in [0.05, 0.1) is 27.1 Å². The van der Waals surface area contributed by atoms with Crippen LogP contribution in [-0.2, 0) is 9.84 Å². The molecule has 4 rings (SSSR count). The normalized spacial score (nSPS) is 12.8. The molecule has 0 unspecified atom stereocenters. The van der Waals surface area contributed by atoms with Crippen molar-refractivity contribution in [1.29, 1.82) is 0 Å². The molecule has 0 saturated heterocycles. The van der Waals surface area contributed by atoms with Crippen molar-refractivity contribution in [1.82, 2.24) is 9.97 Å². The molecule has 0 aliphatic carbocycles. The second-order valence-electron chi connectivity index (χ2n) is 7.55. The number of nitrogens with one attached hydrogen (secondary N) is 2. The second-order valence-corrected chi connectivity index (χ2v) is 10.0. The summed E-state index contributed by atoms with van der Waals surface area (Å²) in [6.45, 7) is 4.99. The molecule has 8 nitrogen and oxygen atoms in total. The van der Waals surface area contributed by atoms with Gasteiger partial charge in [-0.15, -0.1) is 0 Å². The molecular weight excluding hydrogens is 433 g/mol. The summed E-state index contributed by atoms with van der Waals surface area (Å²) in [5, 5.41) is 5.24. The topological polar surface area (TPSA) is 113 Å². The van der Waals surface area contributed by atoms with Crippen LogP contribution in [0, 0.1) is 12.7 Å². The molecule has 1 aliphatic rings. The molecule has 1 aliphatic heterocycles. The summed E-state index contributed by atoms with van der Waals surface area (Å²) in [5.74, 6) is -0.599. The van der Waals surface area contributed by atoms with E-state index in [1.54, 1.807) is 39.0 Å². The van der Waals surface area contributed by atoms with Crippen LogP contribution in [0.1, 0.15) is 35.3 Å². The molecule has 1 amide bonds. The average Bonchev–Trinajstić information content (AvgIpc) is 3.10. The summed E-state index contributed by atoms with van der Waals surface area (Å²) in [7, 11) is -3.53. The molecule has 164 valence electrons. The molecule has 32 heavy (non-hydrogen) atoms. The number of carbonyl (C=O) groups is 1. The third kappa shape index (κ3) is 3.96. The monoisotopic (exact) mass is 453 g/mol. The van der Waals surface area contributed by atoms with Crippen LogP contribution < -0.4 is 10.6 Å². The molecule has 0 radical (unpaired) electrons. The largest absolute Gasteiger partial charge is 0.339 e. The number of nitrogens with zero attached hydrogens (tertiary/aromatic N) is 3. The SMILES string of the molecule is Cc1cnc(Nc2cc3c(cc2F)C=NC3=O)nc1Nc1ccccc1S(=O)(=O)C(C)C. The summed E-state index contributed by atoms with van der Waals surface area (Å²) < 4.78 is 39.9. The maximum atomic E-state index is 14.5. The third-order valence-electron chi connectivity index (χ3n) is 4.98. The van der Waals surface area contributed by atoms with Gasteiger partial charge in [0.25, 0.3) is 5.91 Å². The van der Waals surface area contributed by atoms with Gasteiger partial charge in [0.1, 0.15) is 11.6 Å². The van der Waals surface area contributed by atoms with Crippen LogP contribution in [0.15, 0.2) is 52.5 Å². The number of aliphatic imine (C=N–C) groups is 1. The number of hydrogen-bond acceptors (Lipinski definition) is 7. The van der Waals surface area contributed by atoms with Crippen molar-refractivity contribution in [3.05, 3.63) is 65.1 Å². The predicted octanol–water partition coefficient (Wildman–Crippen LogP) is 4.17. The number of amides is 1. The number of para-hydroxylation sites is 1. The first-order valence-electron chi connectivity index (χ1n) is 9.79. The summed E-state index contributed by atoms with van der Waals surface area (Å²) in [5.41, 5.74) is 1.76. The molecule has 2 aromatic carbocycles. The molecule has 0 spiro atoms. The number of hydrogen-bond donors (Lipinski definition) is 2. The zero-order valence-corrected chi connectivity index (χ0v) is 18.4. The maximum Gasteiger partial charge on any atom is 0.277 e. The Morgan fingerprint density at radius 3 is 2.56 bits per heavy atom. The fourth-order valence-corrected chi connectivity index (χ4v) is 4.32. The molecule has 2 heterocycles. The van der Waals surface area contributed by atoms with Gasteiger partial charge in [0, 0.05) is 23.5 Å². The number of fused-ring (bicyclic) bond motifs is 1. The zero-order valence-electron chi connectivity index (χ0n) is 17.5. The fraction of sp³-hybridized carbons (Fsp3) is 0.182. The number of carbonyl (C=O) groups excluding carboxylic acids is 1. The van der Waals surface area contributed by atoms with E-state index in [2.05, 4.69) is 25.6 Å². The minimum atomic E-state index is -3.53. The Morgan fingerprint density at radius 1 is 1.06 bits per heavy atom. The summed E-state index contributed by atoms with van der Waals surface area (Å²) in [6.07, 6.45) is 2.84. The number of sulfone groups is 1. The van der Waals surface area contributed by atoms with Crippen LogP contribution in [0.2, 0.25) is 0 Å². The smallest absolute Gasteiger partial charge is 0.277 e. The van der Waals surface area contributed by atoms with Gasteiger partial charge in [-0.3, -0.25) is 4.79 Å². The van der Waals surface area contributed by atoms with Crippen molar-refractivity contribution in [2.24, 2.45) is 4.99 Å². The number of aryl methyl sites for hydroxylation is 1. The second kappa shape index (κ2) is 8.12. The van der Waals surface area contributed by atoms with Gasteiger partial charge < -0.3 is 10.6 Å². The Labute approximate surface area is 184 Å². The number of aromatic nitrogens is 2. The molecule has 2 N–H and O–H groups in total. The summed E-state index contributed by atoms with van der Waals surface area (Å²) in [6, 6.07) is 9.13. The van der Waals surface area contributed by atoms with Crippen molar-refractivity contribution in [2.75, 3.05) is 10.6 Å². The van der Waals surface area contributed by atoms with E-state index < -0.39 is 26.8 Å². The Bertz CT molecular complexity index is 1370. The van der Waals surface area contributed by atoms with Gasteiger partial charge in [-0.05, 0) is 45.0 Å². The van der Waals surface area contributed by atoms with E-state index in [0.29, 0.717) is 22.6 Å². The molecule has 3 aromatic rings. The minimum Gasteiger partial charge on any atom is -0.339 e. The predicted molar refractivity (Wildman–Crippen MR) is 120 cm³/mol. The van der Waals surface area contributed by atoms with Crippen molar-refractivity contribution >= 4 is 45.1 Å². The first-order chi connectivity index (χ1) is 15.2. The van der Waals surface area contributed by atoms with E-state index >= 15 is 0 Å². The van der Waals surface area contributed by atoms with Crippen molar-refractivity contribution in [2.45, 2.75) is 30.9 Å². The van der Waals surface area contributed by atoms with Crippen LogP contribution in [0.3, 0.4) is 0 Å². The van der Waals surface area contributed by atoms with E-state index in [0.717, 1.165) is 0 Å². The maximum absolute atomic E-state index is 14.5. The Kier molecular flexibility index (Phi) is 5.47. The van der Waals surface area contributed by atoms with Gasteiger partial charge >= 0.3 is 0 Å².